The van der Waals surface area contributed by atoms with Crippen LogP contribution in [0.4, 0.5) is 5.82 Å². The number of nitrogens with two attached hydrogens (primary N) is 1. The quantitative estimate of drug-likeness (QED) is 0.271. The second kappa shape index (κ2) is 7.58. The van der Waals surface area contributed by atoms with E-state index in [9.17, 15) is 28.3 Å². The number of phosphoric acid groups is 1. The van der Waals surface area contributed by atoms with Gasteiger partial charge in [-0.1, -0.05) is 0 Å². The van der Waals surface area contributed by atoms with Crippen LogP contribution in [0.5, 0.6) is 0 Å². The molecule has 16 nitrogen and oxygen atoms in total. The number of hydrogen-bond acceptors (Lipinski definition) is 10. The number of nitrogens with zero attached hydrogens (tertiary/aromatic N) is 2. The standard InChI is InChI=1S/C12H17N4O12P3/c13-7-1-5-8(11(17)15-7)14-3-16(5)12-10-9(27-31(23,24)28-10)6(26-12)2-25-30(21,22)4-29(18,19)20/h1,3,6,9-10,12H,2,4H2,(H,21,22)(H,23,24)(H3,13,15,17)(H2,18,19,20)/t6-,9?,10?,12-/m1/s1. The Hall–Kier alpha value is -1.41. The topological polar surface area (TPSA) is 246 Å². The minimum absolute atomic E-state index is 0.00153. The van der Waals surface area contributed by atoms with Gasteiger partial charge >= 0.3 is 23.0 Å². The van der Waals surface area contributed by atoms with Gasteiger partial charge in [0.1, 0.15) is 24.1 Å². The van der Waals surface area contributed by atoms with Crippen LogP contribution in [0.15, 0.2) is 17.2 Å². The molecule has 2 aliphatic heterocycles. The molecule has 0 aliphatic carbocycles. The van der Waals surface area contributed by atoms with Crippen molar-refractivity contribution in [3.8, 4) is 0 Å². The molecule has 0 bridgehead atoms. The van der Waals surface area contributed by atoms with Crippen LogP contribution in [-0.4, -0.2) is 64.9 Å². The maximum Gasteiger partial charge on any atom is 0.473 e. The van der Waals surface area contributed by atoms with Crippen LogP contribution in [0.1, 0.15) is 6.23 Å². The smallest absolute Gasteiger partial charge is 0.385 e. The number of H-pyrrole nitrogens is 1. The van der Waals surface area contributed by atoms with Gasteiger partial charge in [-0.05, 0) is 0 Å². The summed E-state index contributed by atoms with van der Waals surface area (Å²) in [5.41, 5.74) is 5.28. The Bertz CT molecular complexity index is 1220. The SMILES string of the molecule is Nc1cc2c(ncn2[C@@H]2O[C@H](COP(=O)(O)CP(=O)(O)O)C3OP(=O)(O)OC32)c(=O)[nH]1. The van der Waals surface area contributed by atoms with Crippen molar-refractivity contribution in [2.45, 2.75) is 24.5 Å². The first-order valence-electron chi connectivity index (χ1n) is 8.46. The van der Waals surface area contributed by atoms with Gasteiger partial charge in [-0.2, -0.15) is 0 Å². The summed E-state index contributed by atoms with van der Waals surface area (Å²) in [6.07, 6.45) is -3.66. The number of rotatable bonds is 6. The summed E-state index contributed by atoms with van der Waals surface area (Å²) < 4.78 is 56.6. The summed E-state index contributed by atoms with van der Waals surface area (Å²) in [5, 5.41) is 0. The van der Waals surface area contributed by atoms with Crippen molar-refractivity contribution in [3.05, 3.63) is 22.7 Å². The Morgan fingerprint density at radius 2 is 1.97 bits per heavy atom. The van der Waals surface area contributed by atoms with Gasteiger partial charge in [-0.25, -0.2) is 9.55 Å². The monoisotopic (exact) mass is 502 g/mol. The van der Waals surface area contributed by atoms with Crippen LogP contribution in [0.3, 0.4) is 0 Å². The average molecular weight is 502 g/mol. The van der Waals surface area contributed by atoms with Gasteiger partial charge in [-0.3, -0.25) is 23.0 Å². The first-order chi connectivity index (χ1) is 14.2. The van der Waals surface area contributed by atoms with E-state index in [0.29, 0.717) is 0 Å². The lowest BCUT2D eigenvalue weighted by atomic mass is 10.1. The van der Waals surface area contributed by atoms with E-state index in [1.165, 1.54) is 17.0 Å². The van der Waals surface area contributed by atoms with Crippen LogP contribution in [0.25, 0.3) is 11.0 Å². The fraction of sp³-hybridized carbons (Fsp3) is 0.500. The van der Waals surface area contributed by atoms with E-state index in [1.54, 1.807) is 0 Å². The van der Waals surface area contributed by atoms with E-state index in [4.69, 9.17) is 33.8 Å². The van der Waals surface area contributed by atoms with E-state index in [2.05, 4.69) is 9.97 Å². The van der Waals surface area contributed by atoms with Crippen LogP contribution in [0.2, 0.25) is 0 Å². The van der Waals surface area contributed by atoms with Crippen molar-refractivity contribution < 1.29 is 51.6 Å². The molecule has 2 saturated heterocycles. The third-order valence-corrected chi connectivity index (χ3v) is 8.95. The predicted octanol–water partition coefficient (Wildman–Crippen LogP) is -0.574. The minimum Gasteiger partial charge on any atom is -0.385 e. The van der Waals surface area contributed by atoms with Gasteiger partial charge in [0.2, 0.25) is 0 Å². The average Bonchev–Trinajstić information content (AvgIpc) is 3.22. The Labute approximate surface area is 172 Å². The van der Waals surface area contributed by atoms with Crippen LogP contribution in [-0.2, 0) is 32.0 Å². The lowest BCUT2D eigenvalue weighted by molar-refractivity contribution is -0.0559. The van der Waals surface area contributed by atoms with Crippen molar-refractivity contribution in [2.24, 2.45) is 0 Å². The van der Waals surface area contributed by atoms with Crippen LogP contribution < -0.4 is 11.3 Å². The molecule has 172 valence electrons. The zero-order valence-electron chi connectivity index (χ0n) is 15.2. The number of fused-ring (bicyclic) bond motifs is 2. The normalized spacial score (nSPS) is 32.9. The molecule has 0 aromatic carbocycles. The molecule has 0 radical (unpaired) electrons. The molecule has 6 atom stereocenters. The number of nitrogens with one attached hydrogen (secondary N) is 1. The predicted molar refractivity (Wildman–Crippen MR) is 101 cm³/mol. The lowest BCUT2D eigenvalue weighted by Gasteiger charge is -2.20. The summed E-state index contributed by atoms with van der Waals surface area (Å²) in [6.45, 7) is -0.718. The number of aromatic nitrogens is 3. The maximum absolute atomic E-state index is 12.0. The molecule has 7 N–H and O–H groups in total. The fourth-order valence-electron chi connectivity index (χ4n) is 3.37. The number of imidazole rings is 1. The largest absolute Gasteiger partial charge is 0.473 e. The van der Waals surface area contributed by atoms with Crippen LogP contribution in [0, 0.1) is 0 Å². The van der Waals surface area contributed by atoms with E-state index in [1.807, 2.05) is 0 Å². The highest BCUT2D eigenvalue weighted by molar-refractivity contribution is 7.70. The first kappa shape index (κ1) is 22.8. The highest BCUT2D eigenvalue weighted by Crippen LogP contribution is 2.60. The van der Waals surface area contributed by atoms with Crippen molar-refractivity contribution in [3.63, 3.8) is 0 Å². The summed E-state index contributed by atoms with van der Waals surface area (Å²) in [5.74, 6) is -1.40. The molecule has 31 heavy (non-hydrogen) atoms. The van der Waals surface area contributed by atoms with E-state index in [-0.39, 0.29) is 16.9 Å². The molecule has 2 aliphatic rings. The zero-order chi connectivity index (χ0) is 22.8. The van der Waals surface area contributed by atoms with Crippen molar-refractivity contribution in [2.75, 3.05) is 18.2 Å². The molecule has 0 amide bonds. The van der Waals surface area contributed by atoms with Gasteiger partial charge < -0.3 is 44.1 Å². The number of nitrogen functional groups attached to an aromatic ring is 1. The summed E-state index contributed by atoms with van der Waals surface area (Å²) >= 11 is 0. The van der Waals surface area contributed by atoms with Gasteiger partial charge in [0.25, 0.3) is 5.56 Å². The minimum atomic E-state index is -4.86. The molecule has 2 aromatic rings. The van der Waals surface area contributed by atoms with Gasteiger partial charge in [0, 0.05) is 6.07 Å². The molecule has 4 heterocycles. The number of aromatic amines is 1. The van der Waals surface area contributed by atoms with Crippen molar-refractivity contribution >= 4 is 39.9 Å². The van der Waals surface area contributed by atoms with Gasteiger partial charge in [0.15, 0.2) is 17.6 Å². The molecule has 0 spiro atoms. The maximum atomic E-state index is 12.0. The zero-order valence-corrected chi connectivity index (χ0v) is 17.9. The number of hydrogen-bond donors (Lipinski definition) is 6. The van der Waals surface area contributed by atoms with Crippen molar-refractivity contribution in [1.29, 1.82) is 0 Å². The Balaban J connectivity index is 1.63. The third-order valence-electron chi connectivity index (χ3n) is 4.47. The van der Waals surface area contributed by atoms with E-state index < -0.39 is 65.6 Å². The van der Waals surface area contributed by atoms with Crippen molar-refractivity contribution in [1.82, 2.24) is 14.5 Å². The first-order valence-corrected chi connectivity index (χ1v) is 13.5. The second-order valence-electron chi connectivity index (χ2n) is 6.85. The van der Waals surface area contributed by atoms with Gasteiger partial charge in [0.05, 0.1) is 18.5 Å². The lowest BCUT2D eigenvalue weighted by Crippen LogP contribution is -2.31. The molecular weight excluding hydrogens is 485 g/mol. The number of phosphoric ester groups is 1. The Kier molecular flexibility index (Phi) is 5.57. The van der Waals surface area contributed by atoms with Crippen LogP contribution >= 0.6 is 23.0 Å². The molecular formula is C12H17N4O12P3. The molecule has 2 aromatic heterocycles. The number of anilines is 1. The summed E-state index contributed by atoms with van der Waals surface area (Å²) in [4.78, 5) is 55.5. The summed E-state index contributed by atoms with van der Waals surface area (Å²) in [7, 11) is -14.1. The molecule has 4 rings (SSSR count). The number of ether oxygens (including phenoxy) is 1. The van der Waals surface area contributed by atoms with E-state index >= 15 is 0 Å². The third kappa shape index (κ3) is 4.70. The number of pyridine rings is 1. The fourth-order valence-corrected chi connectivity index (χ4v) is 7.08. The molecule has 2 fully saturated rings. The van der Waals surface area contributed by atoms with E-state index in [0.717, 1.165) is 0 Å². The highest BCUT2D eigenvalue weighted by Gasteiger charge is 2.58. The second-order valence-corrected chi connectivity index (χ2v) is 12.2. The molecule has 0 saturated carbocycles. The Morgan fingerprint density at radius 3 is 2.65 bits per heavy atom. The highest BCUT2D eigenvalue weighted by atomic mass is 31.2. The molecule has 4 unspecified atom stereocenters. The molecule has 19 heteroatoms. The summed E-state index contributed by atoms with van der Waals surface area (Å²) in [6, 6.07) is 1.38. The Morgan fingerprint density at radius 1 is 1.29 bits per heavy atom. The van der Waals surface area contributed by atoms with Gasteiger partial charge in [-0.15, -0.1) is 0 Å².